The summed E-state index contributed by atoms with van der Waals surface area (Å²) in [5, 5.41) is 0.523. The van der Waals surface area contributed by atoms with Crippen LogP contribution in [0.15, 0.2) is 6.07 Å². The predicted octanol–water partition coefficient (Wildman–Crippen LogP) is 2.32. The summed E-state index contributed by atoms with van der Waals surface area (Å²) in [6.07, 6.45) is 0.948. The van der Waals surface area contributed by atoms with Gasteiger partial charge in [-0.15, -0.1) is 0 Å². The summed E-state index contributed by atoms with van der Waals surface area (Å²) in [6, 6.07) is 1.87. The number of hydrogen-bond acceptors (Lipinski definition) is 5. The van der Waals surface area contributed by atoms with Gasteiger partial charge in [0.25, 0.3) is 0 Å². The van der Waals surface area contributed by atoms with Crippen LogP contribution in [0, 0.1) is 5.92 Å². The Hall–Kier alpha value is -1.17. The third-order valence-corrected chi connectivity index (χ3v) is 4.40. The number of methoxy groups -OCH3 is 3. The Morgan fingerprint density at radius 1 is 1.24 bits per heavy atom. The fourth-order valence-corrected chi connectivity index (χ4v) is 3.37. The molecule has 1 aliphatic rings. The van der Waals surface area contributed by atoms with Crippen LogP contribution in [-0.2, 0) is 0 Å². The van der Waals surface area contributed by atoms with E-state index in [4.69, 9.17) is 31.5 Å². The molecule has 1 saturated heterocycles. The first kappa shape index (κ1) is 16.2. The second kappa shape index (κ2) is 6.73. The molecule has 0 aromatic heterocycles. The Balaban J connectivity index is 2.57. The van der Waals surface area contributed by atoms with E-state index in [1.54, 1.807) is 27.4 Å². The largest absolute Gasteiger partial charge is 0.495 e. The standard InChI is InChI=1S/C15H23ClN2O3/c1-18-8-9(7-17)5-11(18)13-14(20-3)10(16)6-12(19-2)15(13)21-4/h6,9,11H,5,7-8,17H2,1-4H3. The smallest absolute Gasteiger partial charge is 0.169 e. The normalized spacial score (nSPS) is 22.4. The van der Waals surface area contributed by atoms with Crippen molar-refractivity contribution in [2.45, 2.75) is 12.5 Å². The SMILES string of the molecule is COc1cc(Cl)c(OC)c(C2CC(CN)CN2C)c1OC. The van der Waals surface area contributed by atoms with Crippen molar-refractivity contribution in [2.75, 3.05) is 41.5 Å². The minimum atomic E-state index is 0.149. The molecular formula is C15H23ClN2O3. The molecule has 2 N–H and O–H groups in total. The van der Waals surface area contributed by atoms with Gasteiger partial charge in [0.2, 0.25) is 0 Å². The maximum Gasteiger partial charge on any atom is 0.169 e. The van der Waals surface area contributed by atoms with Crippen LogP contribution in [0.3, 0.4) is 0 Å². The van der Waals surface area contributed by atoms with E-state index in [-0.39, 0.29) is 6.04 Å². The number of likely N-dealkylation sites (tertiary alicyclic amines) is 1. The maximum absolute atomic E-state index is 6.34. The Bertz CT molecular complexity index is 510. The van der Waals surface area contributed by atoms with E-state index in [9.17, 15) is 0 Å². The van der Waals surface area contributed by atoms with Crippen molar-refractivity contribution in [3.05, 3.63) is 16.7 Å². The summed E-state index contributed by atoms with van der Waals surface area (Å²) < 4.78 is 16.5. The van der Waals surface area contributed by atoms with Gasteiger partial charge >= 0.3 is 0 Å². The molecule has 5 nitrogen and oxygen atoms in total. The molecule has 6 heteroatoms. The summed E-state index contributed by atoms with van der Waals surface area (Å²) in [4.78, 5) is 2.26. The number of benzene rings is 1. The van der Waals surface area contributed by atoms with Gasteiger partial charge in [0.1, 0.15) is 5.75 Å². The van der Waals surface area contributed by atoms with Crippen LogP contribution in [0.4, 0.5) is 0 Å². The van der Waals surface area contributed by atoms with Crippen molar-refractivity contribution in [1.82, 2.24) is 4.90 Å². The topological polar surface area (TPSA) is 57.0 Å². The highest BCUT2D eigenvalue weighted by Crippen LogP contribution is 2.50. The molecule has 21 heavy (non-hydrogen) atoms. The predicted molar refractivity (Wildman–Crippen MR) is 83.6 cm³/mol. The highest BCUT2D eigenvalue weighted by Gasteiger charge is 2.35. The third kappa shape index (κ3) is 2.91. The van der Waals surface area contributed by atoms with Crippen molar-refractivity contribution >= 4 is 11.6 Å². The van der Waals surface area contributed by atoms with Crippen LogP contribution in [0.5, 0.6) is 17.2 Å². The molecular weight excluding hydrogens is 292 g/mol. The number of nitrogens with zero attached hydrogens (tertiary/aromatic N) is 1. The molecule has 0 aliphatic carbocycles. The Labute approximate surface area is 130 Å². The molecule has 1 aromatic carbocycles. The summed E-state index contributed by atoms with van der Waals surface area (Å²) >= 11 is 6.34. The zero-order chi connectivity index (χ0) is 15.6. The minimum Gasteiger partial charge on any atom is -0.495 e. The van der Waals surface area contributed by atoms with Gasteiger partial charge < -0.3 is 19.9 Å². The van der Waals surface area contributed by atoms with E-state index >= 15 is 0 Å². The number of nitrogens with two attached hydrogens (primary N) is 1. The fraction of sp³-hybridized carbons (Fsp3) is 0.600. The summed E-state index contributed by atoms with van der Waals surface area (Å²) in [6.45, 7) is 1.62. The highest BCUT2D eigenvalue weighted by molar-refractivity contribution is 6.32. The molecule has 1 heterocycles. The monoisotopic (exact) mass is 314 g/mol. The van der Waals surface area contributed by atoms with E-state index in [2.05, 4.69) is 11.9 Å². The first-order valence-electron chi connectivity index (χ1n) is 6.96. The number of halogens is 1. The Morgan fingerprint density at radius 2 is 1.90 bits per heavy atom. The second-order valence-corrected chi connectivity index (χ2v) is 5.74. The van der Waals surface area contributed by atoms with Gasteiger partial charge in [-0.05, 0) is 25.9 Å². The molecule has 2 rings (SSSR count). The zero-order valence-electron chi connectivity index (χ0n) is 13.0. The number of rotatable bonds is 5. The van der Waals surface area contributed by atoms with Crippen molar-refractivity contribution in [3.63, 3.8) is 0 Å². The maximum atomic E-state index is 6.34. The lowest BCUT2D eigenvalue weighted by Crippen LogP contribution is -2.21. The summed E-state index contributed by atoms with van der Waals surface area (Å²) in [5.74, 6) is 2.39. The molecule has 2 atom stereocenters. The zero-order valence-corrected chi connectivity index (χ0v) is 13.7. The van der Waals surface area contributed by atoms with Gasteiger partial charge in [0.05, 0.1) is 31.9 Å². The molecule has 1 aromatic rings. The van der Waals surface area contributed by atoms with Crippen molar-refractivity contribution in [3.8, 4) is 17.2 Å². The van der Waals surface area contributed by atoms with E-state index in [1.807, 2.05) is 0 Å². The van der Waals surface area contributed by atoms with Crippen LogP contribution in [-0.4, -0.2) is 46.4 Å². The van der Waals surface area contributed by atoms with E-state index in [0.717, 1.165) is 18.5 Å². The van der Waals surface area contributed by atoms with Gasteiger partial charge in [-0.25, -0.2) is 0 Å². The molecule has 0 amide bonds. The fourth-order valence-electron chi connectivity index (χ4n) is 3.10. The van der Waals surface area contributed by atoms with Gasteiger partial charge in [-0.3, -0.25) is 4.90 Å². The van der Waals surface area contributed by atoms with Crippen LogP contribution >= 0.6 is 11.6 Å². The first-order valence-corrected chi connectivity index (χ1v) is 7.33. The van der Waals surface area contributed by atoms with Gasteiger partial charge in [-0.2, -0.15) is 0 Å². The lowest BCUT2D eigenvalue weighted by atomic mass is 9.97. The third-order valence-electron chi connectivity index (χ3n) is 4.12. The quantitative estimate of drug-likeness (QED) is 0.904. The number of ether oxygens (including phenoxy) is 3. The van der Waals surface area contributed by atoms with Crippen LogP contribution in [0.1, 0.15) is 18.0 Å². The average molecular weight is 315 g/mol. The van der Waals surface area contributed by atoms with E-state index < -0.39 is 0 Å². The molecule has 2 unspecified atom stereocenters. The lowest BCUT2D eigenvalue weighted by molar-refractivity contribution is 0.284. The molecule has 1 fully saturated rings. The van der Waals surface area contributed by atoms with Crippen molar-refractivity contribution < 1.29 is 14.2 Å². The van der Waals surface area contributed by atoms with Gasteiger partial charge in [0.15, 0.2) is 11.5 Å². The van der Waals surface area contributed by atoms with E-state index in [0.29, 0.717) is 34.7 Å². The molecule has 0 saturated carbocycles. The molecule has 1 aliphatic heterocycles. The molecule has 0 spiro atoms. The Morgan fingerprint density at radius 3 is 2.38 bits per heavy atom. The molecule has 0 radical (unpaired) electrons. The van der Waals surface area contributed by atoms with E-state index in [1.165, 1.54) is 0 Å². The van der Waals surface area contributed by atoms with Crippen LogP contribution in [0.25, 0.3) is 0 Å². The second-order valence-electron chi connectivity index (χ2n) is 5.33. The van der Waals surface area contributed by atoms with Crippen LogP contribution in [0.2, 0.25) is 5.02 Å². The average Bonchev–Trinajstić information content (AvgIpc) is 2.86. The van der Waals surface area contributed by atoms with Gasteiger partial charge in [-0.1, -0.05) is 11.6 Å². The summed E-state index contributed by atoms with van der Waals surface area (Å²) in [7, 11) is 6.92. The van der Waals surface area contributed by atoms with Gasteiger partial charge in [0, 0.05) is 18.7 Å². The molecule has 0 bridgehead atoms. The minimum absolute atomic E-state index is 0.149. The van der Waals surface area contributed by atoms with Crippen molar-refractivity contribution in [2.24, 2.45) is 11.7 Å². The number of hydrogen-bond donors (Lipinski definition) is 1. The molecule has 118 valence electrons. The highest BCUT2D eigenvalue weighted by atomic mass is 35.5. The Kier molecular flexibility index (Phi) is 5.19. The van der Waals surface area contributed by atoms with Crippen molar-refractivity contribution in [1.29, 1.82) is 0 Å². The lowest BCUT2D eigenvalue weighted by Gasteiger charge is -2.25. The van der Waals surface area contributed by atoms with Crippen LogP contribution < -0.4 is 19.9 Å². The first-order chi connectivity index (χ1) is 10.1. The summed E-state index contributed by atoms with van der Waals surface area (Å²) in [5.41, 5.74) is 6.76.